The molecule has 0 saturated carbocycles. The van der Waals surface area contributed by atoms with Crippen molar-refractivity contribution >= 4 is 15.7 Å². The Morgan fingerprint density at radius 1 is 1.27 bits per heavy atom. The van der Waals surface area contributed by atoms with Crippen LogP contribution in [0.2, 0.25) is 0 Å². The third-order valence-corrected chi connectivity index (χ3v) is 6.62. The van der Waals surface area contributed by atoms with Gasteiger partial charge in [-0.3, -0.25) is 9.69 Å². The van der Waals surface area contributed by atoms with E-state index in [9.17, 15) is 18.3 Å². The lowest BCUT2D eigenvalue weighted by Gasteiger charge is -2.33. The second-order valence-electron chi connectivity index (χ2n) is 6.72. The van der Waals surface area contributed by atoms with Crippen LogP contribution in [0.1, 0.15) is 12.8 Å². The molecule has 7 nitrogen and oxygen atoms in total. The predicted molar refractivity (Wildman–Crippen MR) is 80.2 cm³/mol. The topological polar surface area (TPSA) is 87.2 Å². The Kier molecular flexibility index (Phi) is 4.46. The van der Waals surface area contributed by atoms with E-state index < -0.39 is 21.4 Å². The quantitative estimate of drug-likeness (QED) is 0.692. The van der Waals surface area contributed by atoms with Crippen molar-refractivity contribution < 1.29 is 23.1 Å². The molecule has 0 aromatic heterocycles. The van der Waals surface area contributed by atoms with Crippen molar-refractivity contribution in [1.82, 2.24) is 9.80 Å². The molecule has 0 aliphatic carbocycles. The molecule has 1 amide bonds. The first kappa shape index (κ1) is 16.2. The van der Waals surface area contributed by atoms with E-state index >= 15 is 0 Å². The summed E-state index contributed by atoms with van der Waals surface area (Å²) in [4.78, 5) is 16.2. The van der Waals surface area contributed by atoms with Gasteiger partial charge in [0, 0.05) is 26.2 Å². The molecule has 126 valence electrons. The molecule has 0 aromatic carbocycles. The van der Waals surface area contributed by atoms with E-state index in [0.29, 0.717) is 45.7 Å². The number of β-amino-alcohol motifs (C(OH)–C–C–N with tert-alkyl or cyclic N) is 1. The summed E-state index contributed by atoms with van der Waals surface area (Å²) in [6.07, 6.45) is 0.967. The number of ether oxygens (including phenoxy) is 1. The molecule has 0 bridgehead atoms. The van der Waals surface area contributed by atoms with Crippen LogP contribution in [0.3, 0.4) is 0 Å². The minimum atomic E-state index is -3.05. The third kappa shape index (κ3) is 3.61. The molecule has 22 heavy (non-hydrogen) atoms. The van der Waals surface area contributed by atoms with Gasteiger partial charge in [0.05, 0.1) is 42.8 Å². The number of hydrogen-bond donors (Lipinski definition) is 1. The fourth-order valence-electron chi connectivity index (χ4n) is 3.60. The predicted octanol–water partition coefficient (Wildman–Crippen LogP) is -1.28. The van der Waals surface area contributed by atoms with Crippen molar-refractivity contribution in [3.8, 4) is 0 Å². The van der Waals surface area contributed by atoms with E-state index in [-0.39, 0.29) is 17.4 Å². The maximum absolute atomic E-state index is 12.4. The number of hydrogen-bond acceptors (Lipinski definition) is 6. The first-order chi connectivity index (χ1) is 10.4. The Morgan fingerprint density at radius 3 is 2.64 bits per heavy atom. The molecule has 0 aromatic rings. The zero-order valence-electron chi connectivity index (χ0n) is 12.7. The van der Waals surface area contributed by atoms with Crippen LogP contribution in [0.5, 0.6) is 0 Å². The maximum Gasteiger partial charge on any atom is 0.226 e. The molecule has 0 unspecified atom stereocenters. The minimum Gasteiger partial charge on any atom is -0.387 e. The van der Waals surface area contributed by atoms with Gasteiger partial charge in [-0.15, -0.1) is 0 Å². The lowest BCUT2D eigenvalue weighted by atomic mass is 10.0. The van der Waals surface area contributed by atoms with Crippen LogP contribution in [-0.4, -0.2) is 92.3 Å². The molecule has 1 N–H and O–H groups in total. The van der Waals surface area contributed by atoms with Gasteiger partial charge in [-0.2, -0.15) is 0 Å². The highest BCUT2D eigenvalue weighted by Crippen LogP contribution is 2.27. The molecule has 0 spiro atoms. The highest BCUT2D eigenvalue weighted by molar-refractivity contribution is 7.91. The summed E-state index contributed by atoms with van der Waals surface area (Å²) >= 11 is 0. The molecule has 3 rings (SSSR count). The van der Waals surface area contributed by atoms with E-state index in [1.165, 1.54) is 0 Å². The van der Waals surface area contributed by atoms with Crippen molar-refractivity contribution in [2.75, 3.05) is 57.4 Å². The molecule has 3 aliphatic heterocycles. The van der Waals surface area contributed by atoms with E-state index in [1.807, 2.05) is 0 Å². The second kappa shape index (κ2) is 6.07. The number of likely N-dealkylation sites (tertiary alicyclic amines) is 1. The van der Waals surface area contributed by atoms with Crippen LogP contribution in [0, 0.1) is 5.92 Å². The Bertz CT molecular complexity index is 531. The zero-order chi connectivity index (χ0) is 15.8. The SMILES string of the molecule is O=C([C@H]1CCS(=O)(=O)C1)N1CC[C@](O)(CN2CCOCC2)C1. The summed E-state index contributed by atoms with van der Waals surface area (Å²) in [5.41, 5.74) is -0.884. The Balaban J connectivity index is 1.55. The van der Waals surface area contributed by atoms with E-state index in [4.69, 9.17) is 4.74 Å². The number of morpholine rings is 1. The molecular formula is C14H24N2O5S. The first-order valence-corrected chi connectivity index (χ1v) is 9.71. The number of carbonyl (C=O) groups is 1. The third-order valence-electron chi connectivity index (χ3n) is 4.85. The fourth-order valence-corrected chi connectivity index (χ4v) is 5.33. The van der Waals surface area contributed by atoms with Gasteiger partial charge in [0.15, 0.2) is 9.84 Å². The lowest BCUT2D eigenvalue weighted by Crippen LogP contribution is -2.49. The van der Waals surface area contributed by atoms with Crippen molar-refractivity contribution in [1.29, 1.82) is 0 Å². The molecule has 3 fully saturated rings. The summed E-state index contributed by atoms with van der Waals surface area (Å²) in [6, 6.07) is 0. The minimum absolute atomic E-state index is 0.0375. The van der Waals surface area contributed by atoms with Crippen molar-refractivity contribution in [3.63, 3.8) is 0 Å². The highest BCUT2D eigenvalue weighted by Gasteiger charge is 2.43. The monoisotopic (exact) mass is 332 g/mol. The van der Waals surface area contributed by atoms with Gasteiger partial charge in [-0.25, -0.2) is 8.42 Å². The van der Waals surface area contributed by atoms with Crippen LogP contribution in [0.25, 0.3) is 0 Å². The van der Waals surface area contributed by atoms with Gasteiger partial charge in [0.2, 0.25) is 5.91 Å². The number of rotatable bonds is 3. The fraction of sp³-hybridized carbons (Fsp3) is 0.929. The summed E-state index contributed by atoms with van der Waals surface area (Å²) in [7, 11) is -3.05. The average molecular weight is 332 g/mol. The van der Waals surface area contributed by atoms with Gasteiger partial charge in [-0.05, 0) is 12.8 Å². The molecule has 2 atom stereocenters. The second-order valence-corrected chi connectivity index (χ2v) is 8.95. The van der Waals surface area contributed by atoms with E-state index in [1.54, 1.807) is 4.90 Å². The van der Waals surface area contributed by atoms with Gasteiger partial charge >= 0.3 is 0 Å². The lowest BCUT2D eigenvalue weighted by molar-refractivity contribution is -0.134. The number of nitrogens with zero attached hydrogens (tertiary/aromatic N) is 2. The molecule has 3 heterocycles. The molecule has 3 aliphatic rings. The van der Waals surface area contributed by atoms with Crippen LogP contribution < -0.4 is 0 Å². The number of sulfone groups is 1. The largest absolute Gasteiger partial charge is 0.387 e. The van der Waals surface area contributed by atoms with Crippen molar-refractivity contribution in [2.45, 2.75) is 18.4 Å². The Morgan fingerprint density at radius 2 is 2.00 bits per heavy atom. The number of carbonyl (C=O) groups excluding carboxylic acids is 1. The summed E-state index contributed by atoms with van der Waals surface area (Å²) in [5, 5.41) is 10.7. The van der Waals surface area contributed by atoms with Crippen LogP contribution in [0.4, 0.5) is 0 Å². The van der Waals surface area contributed by atoms with Gasteiger partial charge in [-0.1, -0.05) is 0 Å². The smallest absolute Gasteiger partial charge is 0.226 e. The van der Waals surface area contributed by atoms with Crippen molar-refractivity contribution in [3.05, 3.63) is 0 Å². The normalized spacial score (nSPS) is 35.9. The van der Waals surface area contributed by atoms with Gasteiger partial charge in [0.25, 0.3) is 0 Å². The summed E-state index contributed by atoms with van der Waals surface area (Å²) in [6.45, 7) is 4.32. The molecule has 8 heteroatoms. The molecule has 0 radical (unpaired) electrons. The van der Waals surface area contributed by atoms with Crippen LogP contribution >= 0.6 is 0 Å². The van der Waals surface area contributed by atoms with Crippen LogP contribution in [0.15, 0.2) is 0 Å². The summed E-state index contributed by atoms with van der Waals surface area (Å²) < 4.78 is 28.3. The zero-order valence-corrected chi connectivity index (χ0v) is 13.6. The van der Waals surface area contributed by atoms with Crippen molar-refractivity contribution in [2.24, 2.45) is 5.92 Å². The maximum atomic E-state index is 12.4. The van der Waals surface area contributed by atoms with Gasteiger partial charge < -0.3 is 14.7 Å². The standard InChI is InChI=1S/C14H24N2O5S/c17-13(12-1-8-22(19,20)9-12)16-3-2-14(18,11-16)10-15-4-6-21-7-5-15/h12,18H,1-11H2/t12-,14-/m0/s1. The summed E-state index contributed by atoms with van der Waals surface area (Å²) in [5.74, 6) is -0.464. The highest BCUT2D eigenvalue weighted by atomic mass is 32.2. The van der Waals surface area contributed by atoms with E-state index in [0.717, 1.165) is 13.1 Å². The average Bonchev–Trinajstić information content (AvgIpc) is 3.02. The Labute approximate surface area is 131 Å². The Hall–Kier alpha value is -0.700. The van der Waals surface area contributed by atoms with Crippen LogP contribution in [-0.2, 0) is 19.4 Å². The molecule has 3 saturated heterocycles. The first-order valence-electron chi connectivity index (χ1n) is 7.89. The van der Waals surface area contributed by atoms with E-state index in [2.05, 4.69) is 4.90 Å². The molecular weight excluding hydrogens is 308 g/mol. The number of aliphatic hydroxyl groups is 1. The van der Waals surface area contributed by atoms with Gasteiger partial charge in [0.1, 0.15) is 0 Å². The number of amides is 1.